The molecule has 0 amide bonds. The van der Waals surface area contributed by atoms with Crippen molar-refractivity contribution in [2.45, 2.75) is 57.3 Å². The van der Waals surface area contributed by atoms with E-state index in [1.165, 1.54) is 12.2 Å². The monoisotopic (exact) mass is 228 g/mol. The highest BCUT2D eigenvalue weighted by atomic mass is 16.7. The first-order chi connectivity index (χ1) is 7.31. The standard InChI is InChI=1S/C12H20O4/c1-11(2,14)7-4-3-5-8-12(15)9-6-10(13)16-12/h6,9,14-15H,3-5,7-8H2,1-2H3/t12-/m0/s1. The summed E-state index contributed by atoms with van der Waals surface area (Å²) >= 11 is 0. The third-order valence-electron chi connectivity index (χ3n) is 2.58. The molecule has 1 aliphatic heterocycles. The minimum Gasteiger partial charge on any atom is -0.426 e. The molecule has 0 aromatic heterocycles. The summed E-state index contributed by atoms with van der Waals surface area (Å²) < 4.78 is 4.75. The molecular weight excluding hydrogens is 208 g/mol. The van der Waals surface area contributed by atoms with Gasteiger partial charge in [0.2, 0.25) is 5.79 Å². The Morgan fingerprint density at radius 3 is 2.56 bits per heavy atom. The van der Waals surface area contributed by atoms with Gasteiger partial charge in [-0.25, -0.2) is 4.79 Å². The Bertz CT molecular complexity index is 277. The quantitative estimate of drug-likeness (QED) is 0.534. The molecule has 0 saturated heterocycles. The van der Waals surface area contributed by atoms with Crippen molar-refractivity contribution in [2.75, 3.05) is 0 Å². The topological polar surface area (TPSA) is 66.8 Å². The maximum absolute atomic E-state index is 10.8. The molecule has 0 saturated carbocycles. The van der Waals surface area contributed by atoms with Crippen LogP contribution in [0.3, 0.4) is 0 Å². The molecule has 92 valence electrons. The molecule has 4 heteroatoms. The van der Waals surface area contributed by atoms with Crippen LogP contribution in [0.1, 0.15) is 46.0 Å². The van der Waals surface area contributed by atoms with Crippen molar-refractivity contribution >= 4 is 5.97 Å². The first-order valence-corrected chi connectivity index (χ1v) is 5.68. The molecule has 0 radical (unpaired) electrons. The number of carbonyl (C=O) groups is 1. The second-order valence-corrected chi connectivity index (χ2v) is 4.97. The van der Waals surface area contributed by atoms with Crippen molar-refractivity contribution in [3.05, 3.63) is 12.2 Å². The fourth-order valence-electron chi connectivity index (χ4n) is 1.69. The average molecular weight is 228 g/mol. The number of ether oxygens (including phenoxy) is 1. The van der Waals surface area contributed by atoms with Gasteiger partial charge in [0.05, 0.1) is 5.60 Å². The molecule has 0 spiro atoms. The van der Waals surface area contributed by atoms with Gasteiger partial charge in [-0.15, -0.1) is 0 Å². The van der Waals surface area contributed by atoms with Gasteiger partial charge in [0, 0.05) is 12.5 Å². The lowest BCUT2D eigenvalue weighted by atomic mass is 9.99. The van der Waals surface area contributed by atoms with E-state index in [1.807, 2.05) is 0 Å². The minimum absolute atomic E-state index is 0.418. The summed E-state index contributed by atoms with van der Waals surface area (Å²) in [6, 6.07) is 0. The molecule has 0 unspecified atom stereocenters. The van der Waals surface area contributed by atoms with Gasteiger partial charge in [-0.2, -0.15) is 0 Å². The summed E-state index contributed by atoms with van der Waals surface area (Å²) in [5.41, 5.74) is -0.628. The van der Waals surface area contributed by atoms with E-state index in [1.54, 1.807) is 13.8 Å². The van der Waals surface area contributed by atoms with Crippen molar-refractivity contribution in [3.8, 4) is 0 Å². The molecular formula is C12H20O4. The Hall–Kier alpha value is -0.870. The van der Waals surface area contributed by atoms with Crippen LogP contribution in [0.5, 0.6) is 0 Å². The number of unbranched alkanes of at least 4 members (excludes halogenated alkanes) is 2. The Kier molecular flexibility index (Phi) is 4.10. The molecule has 0 aromatic rings. The summed E-state index contributed by atoms with van der Waals surface area (Å²) in [6.45, 7) is 3.56. The fourth-order valence-corrected chi connectivity index (χ4v) is 1.69. The molecule has 1 heterocycles. The number of cyclic esters (lactones) is 1. The Balaban J connectivity index is 2.12. The highest BCUT2D eigenvalue weighted by molar-refractivity contribution is 5.84. The van der Waals surface area contributed by atoms with Crippen LogP contribution in [0.4, 0.5) is 0 Å². The molecule has 16 heavy (non-hydrogen) atoms. The van der Waals surface area contributed by atoms with Gasteiger partial charge in [-0.3, -0.25) is 0 Å². The molecule has 4 nitrogen and oxygen atoms in total. The first-order valence-electron chi connectivity index (χ1n) is 5.68. The normalized spacial score (nSPS) is 24.9. The zero-order valence-corrected chi connectivity index (χ0v) is 9.90. The molecule has 1 rings (SSSR count). The third kappa shape index (κ3) is 4.77. The average Bonchev–Trinajstić information content (AvgIpc) is 2.44. The Morgan fingerprint density at radius 2 is 2.06 bits per heavy atom. The number of hydrogen-bond donors (Lipinski definition) is 2. The number of hydrogen-bond acceptors (Lipinski definition) is 4. The largest absolute Gasteiger partial charge is 0.426 e. The van der Waals surface area contributed by atoms with Crippen molar-refractivity contribution in [1.29, 1.82) is 0 Å². The van der Waals surface area contributed by atoms with Crippen LogP contribution in [-0.4, -0.2) is 27.6 Å². The molecule has 0 bridgehead atoms. The van der Waals surface area contributed by atoms with Crippen molar-refractivity contribution in [1.82, 2.24) is 0 Å². The molecule has 2 N–H and O–H groups in total. The van der Waals surface area contributed by atoms with E-state index in [2.05, 4.69) is 0 Å². The molecule has 1 atom stereocenters. The summed E-state index contributed by atoms with van der Waals surface area (Å²) in [5, 5.41) is 19.2. The van der Waals surface area contributed by atoms with Gasteiger partial charge >= 0.3 is 5.97 Å². The predicted molar refractivity (Wildman–Crippen MR) is 59.6 cm³/mol. The van der Waals surface area contributed by atoms with Gasteiger partial charge < -0.3 is 14.9 Å². The summed E-state index contributed by atoms with van der Waals surface area (Å²) in [7, 11) is 0. The molecule has 0 aromatic carbocycles. The van der Waals surface area contributed by atoms with Gasteiger partial charge in [0.1, 0.15) is 0 Å². The molecule has 0 aliphatic carbocycles. The van der Waals surface area contributed by atoms with E-state index in [9.17, 15) is 15.0 Å². The highest BCUT2D eigenvalue weighted by Gasteiger charge is 2.32. The van der Waals surface area contributed by atoms with E-state index in [0.717, 1.165) is 25.7 Å². The van der Waals surface area contributed by atoms with Crippen molar-refractivity contribution < 1.29 is 19.7 Å². The number of rotatable bonds is 6. The van der Waals surface area contributed by atoms with Crippen molar-refractivity contribution in [3.63, 3.8) is 0 Å². The third-order valence-corrected chi connectivity index (χ3v) is 2.58. The maximum atomic E-state index is 10.8. The minimum atomic E-state index is -1.40. The summed E-state index contributed by atoms with van der Waals surface area (Å²) in [6.07, 6.45) is 6.36. The van der Waals surface area contributed by atoms with E-state index in [-0.39, 0.29) is 0 Å². The van der Waals surface area contributed by atoms with Gasteiger partial charge in [-0.1, -0.05) is 12.8 Å². The van der Waals surface area contributed by atoms with E-state index < -0.39 is 17.4 Å². The number of carbonyl (C=O) groups excluding carboxylic acids is 1. The zero-order chi connectivity index (χ0) is 12.2. The van der Waals surface area contributed by atoms with Gasteiger partial charge in [0.25, 0.3) is 0 Å². The lowest BCUT2D eigenvalue weighted by molar-refractivity contribution is -0.180. The van der Waals surface area contributed by atoms with Crippen LogP contribution >= 0.6 is 0 Å². The Morgan fingerprint density at radius 1 is 1.38 bits per heavy atom. The molecule has 0 fully saturated rings. The highest BCUT2D eigenvalue weighted by Crippen LogP contribution is 2.24. The summed E-state index contributed by atoms with van der Waals surface area (Å²) in [5.74, 6) is -1.88. The van der Waals surface area contributed by atoms with Crippen LogP contribution in [0.2, 0.25) is 0 Å². The molecule has 1 aliphatic rings. The lowest BCUT2D eigenvalue weighted by Crippen LogP contribution is -2.27. The lowest BCUT2D eigenvalue weighted by Gasteiger charge is -2.20. The first kappa shape index (κ1) is 13.2. The van der Waals surface area contributed by atoms with E-state index >= 15 is 0 Å². The van der Waals surface area contributed by atoms with Crippen LogP contribution < -0.4 is 0 Å². The second-order valence-electron chi connectivity index (χ2n) is 4.97. The number of esters is 1. The van der Waals surface area contributed by atoms with Crippen LogP contribution in [0.15, 0.2) is 12.2 Å². The van der Waals surface area contributed by atoms with Gasteiger partial charge in [-0.05, 0) is 32.8 Å². The smallest absolute Gasteiger partial charge is 0.333 e. The number of aliphatic hydroxyl groups is 2. The Labute approximate surface area is 95.9 Å². The second kappa shape index (κ2) is 4.97. The summed E-state index contributed by atoms with van der Waals surface area (Å²) in [4.78, 5) is 10.8. The SMILES string of the molecule is CC(C)(O)CCCCC[C@@]1(O)C=CC(=O)O1. The van der Waals surface area contributed by atoms with Crippen LogP contribution in [0, 0.1) is 0 Å². The predicted octanol–water partition coefficient (Wildman–Crippen LogP) is 1.51. The fraction of sp³-hybridized carbons (Fsp3) is 0.750. The van der Waals surface area contributed by atoms with E-state index in [4.69, 9.17) is 4.74 Å². The maximum Gasteiger partial charge on any atom is 0.333 e. The van der Waals surface area contributed by atoms with Crippen LogP contribution in [0.25, 0.3) is 0 Å². The van der Waals surface area contributed by atoms with Crippen molar-refractivity contribution in [2.24, 2.45) is 0 Å². The van der Waals surface area contributed by atoms with Crippen LogP contribution in [-0.2, 0) is 9.53 Å². The van der Waals surface area contributed by atoms with E-state index in [0.29, 0.717) is 6.42 Å². The zero-order valence-electron chi connectivity index (χ0n) is 9.90. The van der Waals surface area contributed by atoms with Gasteiger partial charge in [0.15, 0.2) is 0 Å².